The predicted molar refractivity (Wildman–Crippen MR) is 143 cm³/mol. The molecule has 2 aliphatic rings. The number of likely N-dealkylation sites (tertiary alicyclic amines) is 1. The van der Waals surface area contributed by atoms with Gasteiger partial charge in [0.25, 0.3) is 5.72 Å². The van der Waals surface area contributed by atoms with Crippen LogP contribution in [-0.4, -0.2) is 80.1 Å². The lowest BCUT2D eigenvalue weighted by Gasteiger charge is -2.36. The average Bonchev–Trinajstić information content (AvgIpc) is 3.42. The molecule has 0 saturated carbocycles. The number of carboxylic acids is 1. The number of hydrogen-bond donors (Lipinski definition) is 2. The van der Waals surface area contributed by atoms with Gasteiger partial charge in [-0.25, -0.2) is 22.9 Å². The standard InChI is InChI=1S/C26H37N5O6S/c1-25(2,3)17-15-18-22(30(4)26(36-5,24(32)33)23(18)29-38(6,34)35)19(16-17)37-21-9-11-27-20(28-21)10-14-31-12-7-8-13-31/h9,11,15-16,23,29H,7-8,10,12-14H2,1-6H3,(H,32,33). The van der Waals surface area contributed by atoms with Crippen LogP contribution in [0.2, 0.25) is 0 Å². The molecule has 3 heterocycles. The molecule has 2 aromatic rings. The van der Waals surface area contributed by atoms with Gasteiger partial charge in [-0.1, -0.05) is 26.8 Å². The van der Waals surface area contributed by atoms with Gasteiger partial charge in [0.2, 0.25) is 15.9 Å². The van der Waals surface area contributed by atoms with Crippen LogP contribution in [0.4, 0.5) is 5.69 Å². The first kappa shape index (κ1) is 28.2. The van der Waals surface area contributed by atoms with Crippen molar-refractivity contribution in [1.29, 1.82) is 0 Å². The van der Waals surface area contributed by atoms with E-state index < -0.39 is 27.8 Å². The van der Waals surface area contributed by atoms with E-state index in [0.717, 1.165) is 31.5 Å². The maximum Gasteiger partial charge on any atom is 0.359 e. The topological polar surface area (TPSA) is 134 Å². The summed E-state index contributed by atoms with van der Waals surface area (Å²) in [5.74, 6) is -0.0235. The van der Waals surface area contributed by atoms with Gasteiger partial charge in [0, 0.05) is 44.9 Å². The summed E-state index contributed by atoms with van der Waals surface area (Å²) in [7, 11) is -1.02. The number of hydrogen-bond acceptors (Lipinski definition) is 9. The van der Waals surface area contributed by atoms with Crippen molar-refractivity contribution in [3.63, 3.8) is 0 Å². The number of carboxylic acid groups (broad SMARTS) is 1. The molecule has 208 valence electrons. The Morgan fingerprint density at radius 1 is 1.26 bits per heavy atom. The van der Waals surface area contributed by atoms with Crippen molar-refractivity contribution in [2.45, 2.75) is 57.2 Å². The molecule has 0 aliphatic carbocycles. The molecule has 0 spiro atoms. The first-order valence-electron chi connectivity index (χ1n) is 12.7. The molecule has 2 aliphatic heterocycles. The average molecular weight is 548 g/mol. The van der Waals surface area contributed by atoms with E-state index in [1.807, 2.05) is 32.9 Å². The molecule has 4 rings (SSSR count). The van der Waals surface area contributed by atoms with Gasteiger partial charge in [0.1, 0.15) is 11.9 Å². The Morgan fingerprint density at radius 3 is 2.53 bits per heavy atom. The number of nitrogens with one attached hydrogen (secondary N) is 1. The van der Waals surface area contributed by atoms with Gasteiger partial charge in [-0.05, 0) is 43.0 Å². The lowest BCUT2D eigenvalue weighted by molar-refractivity contribution is -0.164. The normalized spacial score (nSPS) is 22.1. The van der Waals surface area contributed by atoms with Crippen LogP contribution in [0.5, 0.6) is 11.6 Å². The van der Waals surface area contributed by atoms with E-state index in [1.54, 1.807) is 19.3 Å². The number of anilines is 1. The van der Waals surface area contributed by atoms with Gasteiger partial charge in [-0.15, -0.1) is 0 Å². The summed E-state index contributed by atoms with van der Waals surface area (Å²) in [6.45, 7) is 9.08. The van der Waals surface area contributed by atoms with E-state index in [1.165, 1.54) is 24.9 Å². The van der Waals surface area contributed by atoms with E-state index in [4.69, 9.17) is 9.47 Å². The van der Waals surface area contributed by atoms with Crippen LogP contribution in [0, 0.1) is 0 Å². The molecule has 0 radical (unpaired) electrons. The van der Waals surface area contributed by atoms with E-state index >= 15 is 0 Å². The summed E-state index contributed by atoms with van der Waals surface area (Å²) < 4.78 is 39.1. The third-order valence-corrected chi connectivity index (χ3v) is 7.86. The minimum Gasteiger partial charge on any atom is -0.478 e. The van der Waals surface area contributed by atoms with Crippen LogP contribution in [0.15, 0.2) is 24.4 Å². The molecular formula is C26H37N5O6S. The number of ether oxygens (including phenoxy) is 2. The van der Waals surface area contributed by atoms with Crippen molar-refractivity contribution in [3.05, 3.63) is 41.3 Å². The molecule has 1 aromatic heterocycles. The van der Waals surface area contributed by atoms with Gasteiger partial charge in [0.05, 0.1) is 11.9 Å². The van der Waals surface area contributed by atoms with E-state index in [9.17, 15) is 18.3 Å². The third kappa shape index (κ3) is 5.49. The summed E-state index contributed by atoms with van der Waals surface area (Å²) in [6, 6.07) is 4.07. The number of benzene rings is 1. The van der Waals surface area contributed by atoms with Crippen molar-refractivity contribution >= 4 is 21.7 Å². The molecule has 2 unspecified atom stereocenters. The fourth-order valence-electron chi connectivity index (χ4n) is 5.19. The monoisotopic (exact) mass is 547 g/mol. The lowest BCUT2D eigenvalue weighted by Crippen LogP contribution is -2.59. The minimum atomic E-state index is -3.81. The number of carbonyl (C=O) groups is 1. The zero-order valence-corrected chi connectivity index (χ0v) is 23.6. The Morgan fingerprint density at radius 2 is 1.95 bits per heavy atom. The van der Waals surface area contributed by atoms with Gasteiger partial charge < -0.3 is 24.4 Å². The number of aliphatic carboxylic acids is 1. The number of sulfonamides is 1. The zero-order valence-electron chi connectivity index (χ0n) is 22.8. The number of likely N-dealkylation sites (N-methyl/N-ethyl adjacent to an activating group) is 1. The quantitative estimate of drug-likeness (QED) is 0.482. The Balaban J connectivity index is 1.79. The van der Waals surface area contributed by atoms with Crippen molar-refractivity contribution in [3.8, 4) is 11.6 Å². The molecule has 12 heteroatoms. The van der Waals surface area contributed by atoms with E-state index in [-0.39, 0.29) is 5.41 Å². The zero-order chi connectivity index (χ0) is 27.9. The summed E-state index contributed by atoms with van der Waals surface area (Å²) in [4.78, 5) is 25.4. The second kappa shape index (κ2) is 10.4. The van der Waals surface area contributed by atoms with Crippen molar-refractivity contribution < 1.29 is 27.8 Å². The molecule has 38 heavy (non-hydrogen) atoms. The summed E-state index contributed by atoms with van der Waals surface area (Å²) >= 11 is 0. The third-order valence-electron chi connectivity index (χ3n) is 7.20. The lowest BCUT2D eigenvalue weighted by atomic mass is 9.84. The molecule has 1 saturated heterocycles. The van der Waals surface area contributed by atoms with Gasteiger partial charge in [0.15, 0.2) is 5.75 Å². The minimum absolute atomic E-state index is 0.316. The molecule has 1 aromatic carbocycles. The Bertz CT molecular complexity index is 1310. The van der Waals surface area contributed by atoms with Gasteiger partial charge >= 0.3 is 5.97 Å². The summed E-state index contributed by atoms with van der Waals surface area (Å²) in [5, 5.41) is 10.3. The van der Waals surface area contributed by atoms with Crippen LogP contribution >= 0.6 is 0 Å². The van der Waals surface area contributed by atoms with Crippen molar-refractivity contribution in [2.75, 3.05) is 44.9 Å². The van der Waals surface area contributed by atoms with Crippen LogP contribution in [0.1, 0.15) is 56.6 Å². The number of rotatable bonds is 9. The Kier molecular flexibility index (Phi) is 7.72. The first-order valence-corrected chi connectivity index (χ1v) is 14.6. The van der Waals surface area contributed by atoms with Crippen LogP contribution in [0.25, 0.3) is 0 Å². The second-order valence-corrected chi connectivity index (χ2v) is 12.7. The Hall–Kier alpha value is -2.80. The van der Waals surface area contributed by atoms with Crippen molar-refractivity contribution in [2.24, 2.45) is 0 Å². The van der Waals surface area contributed by atoms with E-state index in [2.05, 4.69) is 19.6 Å². The maximum absolute atomic E-state index is 12.6. The molecule has 0 amide bonds. The number of fused-ring (bicyclic) bond motifs is 1. The smallest absolute Gasteiger partial charge is 0.359 e. The second-order valence-electron chi connectivity index (χ2n) is 11.0. The molecule has 1 fully saturated rings. The van der Waals surface area contributed by atoms with E-state index in [0.29, 0.717) is 35.1 Å². The SMILES string of the molecule is COC1(C(=O)O)C(NS(C)(=O)=O)c2cc(C(C)(C)C)cc(Oc3ccnc(CCN4CCCC4)n3)c2N1C. The van der Waals surface area contributed by atoms with Gasteiger partial charge in [-0.3, -0.25) is 0 Å². The number of nitrogens with zero attached hydrogens (tertiary/aromatic N) is 4. The molecule has 2 N–H and O–H groups in total. The maximum atomic E-state index is 12.6. The molecular weight excluding hydrogens is 510 g/mol. The summed E-state index contributed by atoms with van der Waals surface area (Å²) in [6.07, 6.45) is 5.73. The van der Waals surface area contributed by atoms with Crippen LogP contribution in [-0.2, 0) is 31.4 Å². The highest BCUT2D eigenvalue weighted by Crippen LogP contribution is 2.53. The van der Waals surface area contributed by atoms with Gasteiger partial charge in [-0.2, -0.15) is 4.98 Å². The van der Waals surface area contributed by atoms with Crippen LogP contribution in [0.3, 0.4) is 0 Å². The fourth-order valence-corrected chi connectivity index (χ4v) is 5.91. The number of aromatic nitrogens is 2. The molecule has 2 atom stereocenters. The highest BCUT2D eigenvalue weighted by molar-refractivity contribution is 7.88. The van der Waals surface area contributed by atoms with Crippen LogP contribution < -0.4 is 14.4 Å². The predicted octanol–water partition coefficient (Wildman–Crippen LogP) is 2.67. The fraction of sp³-hybridized carbons (Fsp3) is 0.577. The molecule has 0 bridgehead atoms. The Labute approximate surface area is 224 Å². The number of methoxy groups -OCH3 is 1. The largest absolute Gasteiger partial charge is 0.478 e. The first-order chi connectivity index (χ1) is 17.8. The highest BCUT2D eigenvalue weighted by Gasteiger charge is 2.59. The molecule has 11 nitrogen and oxygen atoms in total. The highest BCUT2D eigenvalue weighted by atomic mass is 32.2. The summed E-state index contributed by atoms with van der Waals surface area (Å²) in [5.41, 5.74) is -0.712. The van der Waals surface area contributed by atoms with Crippen molar-refractivity contribution in [1.82, 2.24) is 19.6 Å².